The Balaban J connectivity index is 0.000000183. The van der Waals surface area contributed by atoms with E-state index in [9.17, 15) is 19.2 Å². The van der Waals surface area contributed by atoms with Gasteiger partial charge in [0.1, 0.15) is 53.0 Å². The quantitative estimate of drug-likeness (QED) is 0.200. The molecular weight excluding hydrogens is 650 g/mol. The molecule has 0 atom stereocenters. The number of aryl methyl sites for hydroxylation is 2. The van der Waals surface area contributed by atoms with Crippen molar-refractivity contribution in [2.75, 3.05) is 28.6 Å². The summed E-state index contributed by atoms with van der Waals surface area (Å²) in [5.74, 6) is 1.41. The number of nitrogens with zero attached hydrogens (tertiary/aromatic N) is 7. The van der Waals surface area contributed by atoms with Crippen molar-refractivity contribution in [1.82, 2.24) is 34.0 Å². The van der Waals surface area contributed by atoms with Crippen LogP contribution in [0.4, 0.5) is 34.6 Å². The number of pyridine rings is 2. The van der Waals surface area contributed by atoms with Crippen LogP contribution in [0.2, 0.25) is 0 Å². The first-order chi connectivity index (χ1) is 24.6. The molecule has 7 rings (SSSR count). The number of benzene rings is 1. The summed E-state index contributed by atoms with van der Waals surface area (Å²) in [6.07, 6.45) is 5.49. The van der Waals surface area contributed by atoms with Crippen molar-refractivity contribution < 1.29 is 9.59 Å². The lowest BCUT2D eigenvalue weighted by molar-refractivity contribution is 0.0744. The number of hydrogen-bond acceptors (Lipinski definition) is 12. The minimum atomic E-state index is -0.252. The molecule has 0 saturated carbocycles. The van der Waals surface area contributed by atoms with Crippen LogP contribution in [-0.2, 0) is 19.6 Å². The molecule has 6 heterocycles. The Labute approximate surface area is 293 Å². The molecule has 1 amide bonds. The van der Waals surface area contributed by atoms with Crippen LogP contribution in [0.15, 0.2) is 76.8 Å². The van der Waals surface area contributed by atoms with Crippen LogP contribution < -0.4 is 33.2 Å². The Kier molecular flexibility index (Phi) is 10.2. The van der Waals surface area contributed by atoms with E-state index >= 15 is 0 Å². The Morgan fingerprint density at radius 2 is 1.22 bits per heavy atom. The fourth-order valence-corrected chi connectivity index (χ4v) is 6.33. The van der Waals surface area contributed by atoms with Crippen molar-refractivity contribution in [3.05, 3.63) is 116 Å². The summed E-state index contributed by atoms with van der Waals surface area (Å²) in [6.45, 7) is 5.84. The van der Waals surface area contributed by atoms with Gasteiger partial charge < -0.3 is 36.1 Å². The smallest absolute Gasteiger partial charge is 0.274 e. The van der Waals surface area contributed by atoms with Gasteiger partial charge in [-0.1, -0.05) is 30.3 Å². The fraction of sp³-hybridized carbons (Fsp3) is 0.278. The molecule has 262 valence electrons. The second-order valence-corrected chi connectivity index (χ2v) is 12.4. The highest BCUT2D eigenvalue weighted by atomic mass is 16.2. The van der Waals surface area contributed by atoms with Gasteiger partial charge in [0.15, 0.2) is 5.78 Å². The Morgan fingerprint density at radius 1 is 0.667 bits per heavy atom. The average molecular weight is 690 g/mol. The van der Waals surface area contributed by atoms with Crippen molar-refractivity contribution in [3.63, 3.8) is 0 Å². The van der Waals surface area contributed by atoms with E-state index in [0.29, 0.717) is 85.1 Å². The lowest BCUT2D eigenvalue weighted by atomic mass is 10.1. The fourth-order valence-electron chi connectivity index (χ4n) is 6.33. The minimum absolute atomic E-state index is 0.0323. The number of ketones is 1. The maximum absolute atomic E-state index is 13.2. The molecule has 2 aliphatic rings. The summed E-state index contributed by atoms with van der Waals surface area (Å²) in [5.41, 5.74) is 15.1. The van der Waals surface area contributed by atoms with Gasteiger partial charge in [-0.2, -0.15) is 0 Å². The van der Waals surface area contributed by atoms with Gasteiger partial charge in [-0.15, -0.1) is 0 Å². The predicted octanol–water partition coefficient (Wildman–Crippen LogP) is 3.96. The number of hydrogen-bond donors (Lipinski definition) is 4. The van der Waals surface area contributed by atoms with Gasteiger partial charge in [0.05, 0.1) is 5.69 Å². The molecule has 5 aromatic rings. The molecule has 51 heavy (non-hydrogen) atoms. The van der Waals surface area contributed by atoms with Gasteiger partial charge in [-0.3, -0.25) is 19.2 Å². The standard InChI is InChI=1S/C21H22N6O2.C15H17N5O2/c1-14-10-16(25-18-11-17(22)23-13-24-18)20(28)27-9-5-8-26(21(29)19(14)27)12-15-6-3-2-4-7-15;1-9-6-10(19-13-7-12(16)17-8-18-13)15(22)20-5-3-2-4-11(21)14(9)20/h2-4,6-7,10-11,13H,5,8-9,12H2,1H3,(H3,22,23,24,25);6-8H,2-5H2,1H3,(H3,16,17,18,19). The highest BCUT2D eigenvalue weighted by molar-refractivity contribution is 5.96. The van der Waals surface area contributed by atoms with Crippen LogP contribution in [-0.4, -0.2) is 52.2 Å². The lowest BCUT2D eigenvalue weighted by Gasteiger charge is -2.22. The van der Waals surface area contributed by atoms with Crippen LogP contribution in [0.5, 0.6) is 0 Å². The number of carbonyl (C=O) groups excluding carboxylic acids is 2. The van der Waals surface area contributed by atoms with Crippen LogP contribution in [0.1, 0.15) is 63.4 Å². The van der Waals surface area contributed by atoms with Crippen molar-refractivity contribution in [3.8, 4) is 0 Å². The monoisotopic (exact) mass is 689 g/mol. The molecule has 0 fully saturated rings. The molecule has 0 saturated heterocycles. The second-order valence-electron chi connectivity index (χ2n) is 12.4. The van der Waals surface area contributed by atoms with Crippen LogP contribution in [0.25, 0.3) is 0 Å². The van der Waals surface area contributed by atoms with E-state index in [-0.39, 0.29) is 22.8 Å². The lowest BCUT2D eigenvalue weighted by Crippen LogP contribution is -2.34. The molecule has 0 spiro atoms. The van der Waals surface area contributed by atoms with Crippen LogP contribution in [0.3, 0.4) is 0 Å². The van der Waals surface area contributed by atoms with Gasteiger partial charge in [-0.25, -0.2) is 19.9 Å². The molecule has 15 heteroatoms. The number of carbonyl (C=O) groups is 2. The average Bonchev–Trinajstić information content (AvgIpc) is 3.40. The van der Waals surface area contributed by atoms with E-state index in [4.69, 9.17) is 11.5 Å². The van der Waals surface area contributed by atoms with Crippen molar-refractivity contribution in [2.24, 2.45) is 0 Å². The summed E-state index contributed by atoms with van der Waals surface area (Å²) < 4.78 is 3.13. The van der Waals surface area contributed by atoms with E-state index in [1.807, 2.05) is 44.2 Å². The van der Waals surface area contributed by atoms with Crippen molar-refractivity contribution in [2.45, 2.75) is 59.2 Å². The Bertz CT molecular complexity index is 2220. The molecule has 4 aromatic heterocycles. The summed E-state index contributed by atoms with van der Waals surface area (Å²) in [4.78, 5) is 68.7. The molecule has 6 N–H and O–H groups in total. The van der Waals surface area contributed by atoms with E-state index in [2.05, 4.69) is 30.6 Å². The number of nitrogens with two attached hydrogens (primary N) is 2. The highest BCUT2D eigenvalue weighted by Crippen LogP contribution is 2.22. The first-order valence-corrected chi connectivity index (χ1v) is 16.6. The van der Waals surface area contributed by atoms with Gasteiger partial charge >= 0.3 is 0 Å². The molecule has 0 radical (unpaired) electrons. The molecule has 0 unspecified atom stereocenters. The summed E-state index contributed by atoms with van der Waals surface area (Å²) in [7, 11) is 0. The summed E-state index contributed by atoms with van der Waals surface area (Å²) in [5, 5.41) is 5.96. The largest absolute Gasteiger partial charge is 0.384 e. The minimum Gasteiger partial charge on any atom is -0.384 e. The number of Topliss-reactive ketones (excluding diaryl/α,β-unsaturated/α-hetero) is 1. The SMILES string of the molecule is Cc1cc(Nc2cc(N)ncn2)c(=O)n2c1C(=O)CCCC2.Cc1cc(Nc2cc(N)ncn2)c(=O)n2c1C(=O)N(Cc1ccccc1)CCC2. The van der Waals surface area contributed by atoms with Crippen molar-refractivity contribution in [1.29, 1.82) is 0 Å². The van der Waals surface area contributed by atoms with Gasteiger partial charge in [0, 0.05) is 44.7 Å². The topological polar surface area (TPSA) is 209 Å². The van der Waals surface area contributed by atoms with Crippen LogP contribution >= 0.6 is 0 Å². The third-order valence-electron chi connectivity index (χ3n) is 8.68. The third kappa shape index (κ3) is 7.77. The first-order valence-electron chi connectivity index (χ1n) is 16.6. The summed E-state index contributed by atoms with van der Waals surface area (Å²) in [6, 6.07) is 16.3. The highest BCUT2D eigenvalue weighted by Gasteiger charge is 2.27. The number of fused-ring (bicyclic) bond motifs is 2. The van der Waals surface area contributed by atoms with E-state index in [0.717, 1.165) is 29.5 Å². The maximum Gasteiger partial charge on any atom is 0.274 e. The third-order valence-corrected chi connectivity index (χ3v) is 8.68. The molecule has 2 aliphatic heterocycles. The normalized spacial score (nSPS) is 14.0. The number of aromatic nitrogens is 6. The summed E-state index contributed by atoms with van der Waals surface area (Å²) >= 11 is 0. The number of amides is 1. The zero-order valence-corrected chi connectivity index (χ0v) is 28.4. The van der Waals surface area contributed by atoms with Gasteiger partial charge in [0.2, 0.25) is 0 Å². The van der Waals surface area contributed by atoms with Gasteiger partial charge in [-0.05, 0) is 61.9 Å². The molecule has 1 aromatic carbocycles. The van der Waals surface area contributed by atoms with E-state index < -0.39 is 0 Å². The number of nitrogens with one attached hydrogen (secondary N) is 2. The van der Waals surface area contributed by atoms with Gasteiger partial charge in [0.25, 0.3) is 17.0 Å². The second kappa shape index (κ2) is 15.0. The van der Waals surface area contributed by atoms with Crippen molar-refractivity contribution >= 4 is 46.3 Å². The number of nitrogen functional groups attached to an aromatic ring is 2. The van der Waals surface area contributed by atoms with E-state index in [1.165, 1.54) is 12.7 Å². The molecule has 0 bridgehead atoms. The Hall–Kier alpha value is -6.38. The molecular formula is C36H39N11O4. The van der Waals surface area contributed by atoms with Crippen LogP contribution in [0, 0.1) is 13.8 Å². The zero-order chi connectivity index (χ0) is 36.1. The number of anilines is 6. The predicted molar refractivity (Wildman–Crippen MR) is 194 cm³/mol. The Morgan fingerprint density at radius 3 is 1.80 bits per heavy atom. The van der Waals surface area contributed by atoms with E-state index in [1.54, 1.807) is 38.3 Å². The number of rotatable bonds is 6. The first kappa shape index (κ1) is 34.5. The maximum atomic E-state index is 13.2. The molecule has 15 nitrogen and oxygen atoms in total. The zero-order valence-electron chi connectivity index (χ0n) is 28.4. The molecule has 0 aliphatic carbocycles.